The molecule has 2 N–H and O–H groups in total. The van der Waals surface area contributed by atoms with Gasteiger partial charge in [0, 0.05) is 55.9 Å². The second-order valence-electron chi connectivity index (χ2n) is 11.2. The number of nitrogens with one attached hydrogen (secondary N) is 2. The third-order valence-electron chi connectivity index (χ3n) is 8.06. The predicted molar refractivity (Wildman–Crippen MR) is 156 cm³/mol. The van der Waals surface area contributed by atoms with Gasteiger partial charge in [-0.05, 0) is 101 Å². The summed E-state index contributed by atoms with van der Waals surface area (Å²) in [6.45, 7) is 8.87. The number of nitrogens with zero attached hydrogens (tertiary/aromatic N) is 2. The molecule has 0 fully saturated rings. The summed E-state index contributed by atoms with van der Waals surface area (Å²) in [5, 5.41) is 0. The van der Waals surface area contributed by atoms with Crippen molar-refractivity contribution in [1.29, 1.82) is 0 Å². The van der Waals surface area contributed by atoms with Crippen LogP contribution < -0.4 is 0 Å². The number of rotatable bonds is 2. The van der Waals surface area contributed by atoms with Crippen molar-refractivity contribution in [2.75, 3.05) is 0 Å². The highest BCUT2D eigenvalue weighted by molar-refractivity contribution is 6.22. The van der Waals surface area contributed by atoms with Crippen molar-refractivity contribution in [2.24, 2.45) is 15.4 Å². The van der Waals surface area contributed by atoms with Crippen molar-refractivity contribution in [3.8, 4) is 0 Å². The Morgan fingerprint density at radius 1 is 0.579 bits per heavy atom. The van der Waals surface area contributed by atoms with Gasteiger partial charge in [0.15, 0.2) is 0 Å². The molecule has 2 aliphatic carbocycles. The minimum atomic E-state index is -0.376. The van der Waals surface area contributed by atoms with Gasteiger partial charge in [0.2, 0.25) is 0 Å². The van der Waals surface area contributed by atoms with Gasteiger partial charge in [0.05, 0.1) is 22.8 Å². The summed E-state index contributed by atoms with van der Waals surface area (Å²) in [4.78, 5) is 17.8. The largest absolute Gasteiger partial charge is 0.358 e. The van der Waals surface area contributed by atoms with E-state index in [0.29, 0.717) is 0 Å². The van der Waals surface area contributed by atoms with Crippen LogP contribution >= 0.6 is 0 Å². The molecule has 7 rings (SSSR count). The molecule has 38 heavy (non-hydrogen) atoms. The molecule has 0 unspecified atom stereocenters. The van der Waals surface area contributed by atoms with Gasteiger partial charge in [-0.2, -0.15) is 0 Å². The predicted octanol–water partition coefficient (Wildman–Crippen LogP) is 7.45. The minimum absolute atomic E-state index is 0.285. The summed E-state index contributed by atoms with van der Waals surface area (Å²) >= 11 is 0. The Bertz CT molecular complexity index is 1680. The van der Waals surface area contributed by atoms with Gasteiger partial charge in [-0.1, -0.05) is 12.2 Å². The molecule has 2 aromatic heterocycles. The molecule has 184 valence electrons. The molecular formula is C34H28N4. The van der Waals surface area contributed by atoms with Gasteiger partial charge in [-0.3, -0.25) is 9.98 Å². The first-order valence-corrected chi connectivity index (χ1v) is 13.0. The van der Waals surface area contributed by atoms with Crippen LogP contribution in [0.15, 0.2) is 129 Å². The van der Waals surface area contributed by atoms with E-state index in [9.17, 15) is 0 Å². The molecule has 5 heterocycles. The van der Waals surface area contributed by atoms with Crippen LogP contribution in [0, 0.1) is 5.41 Å². The first-order valence-electron chi connectivity index (χ1n) is 13.0. The topological polar surface area (TPSA) is 56.3 Å². The minimum Gasteiger partial charge on any atom is -0.358 e. The lowest BCUT2D eigenvalue weighted by Crippen LogP contribution is -2.30. The highest BCUT2D eigenvalue weighted by Crippen LogP contribution is 2.40. The van der Waals surface area contributed by atoms with E-state index < -0.39 is 0 Å². The first kappa shape index (κ1) is 22.6. The average Bonchev–Trinajstić information content (AvgIpc) is 3.71. The zero-order valence-electron chi connectivity index (χ0n) is 22.0. The third kappa shape index (κ3) is 3.32. The normalized spacial score (nSPS) is 25.4. The van der Waals surface area contributed by atoms with Crippen LogP contribution in [-0.4, -0.2) is 21.4 Å². The fraction of sp³-hybridized carbons (Fsp3) is 0.176. The van der Waals surface area contributed by atoms with E-state index in [1.165, 1.54) is 0 Å². The summed E-state index contributed by atoms with van der Waals surface area (Å²) < 4.78 is 0. The van der Waals surface area contributed by atoms with Crippen molar-refractivity contribution in [3.63, 3.8) is 0 Å². The van der Waals surface area contributed by atoms with Crippen molar-refractivity contribution in [1.82, 2.24) is 9.97 Å². The van der Waals surface area contributed by atoms with E-state index in [1.54, 1.807) is 0 Å². The lowest BCUT2D eigenvalue weighted by molar-refractivity contribution is 0.602. The van der Waals surface area contributed by atoms with Crippen LogP contribution in [0.25, 0.3) is 11.1 Å². The molecule has 4 heteroatoms. The molecule has 0 radical (unpaired) electrons. The third-order valence-corrected chi connectivity index (χ3v) is 8.06. The van der Waals surface area contributed by atoms with Gasteiger partial charge in [0.1, 0.15) is 0 Å². The number of H-pyrrole nitrogens is 2. The molecule has 3 aliphatic heterocycles. The van der Waals surface area contributed by atoms with E-state index in [1.807, 2.05) is 24.3 Å². The van der Waals surface area contributed by atoms with E-state index in [-0.39, 0.29) is 10.8 Å². The highest BCUT2D eigenvalue weighted by Gasteiger charge is 2.34. The van der Waals surface area contributed by atoms with Gasteiger partial charge < -0.3 is 9.97 Å². The van der Waals surface area contributed by atoms with Crippen molar-refractivity contribution in [2.45, 2.75) is 33.1 Å². The fourth-order valence-corrected chi connectivity index (χ4v) is 5.60. The number of hydrogen-bond acceptors (Lipinski definition) is 2. The molecule has 4 nitrogen and oxygen atoms in total. The van der Waals surface area contributed by atoms with Crippen molar-refractivity contribution < 1.29 is 0 Å². The monoisotopic (exact) mass is 492 g/mol. The van der Waals surface area contributed by atoms with Gasteiger partial charge >= 0.3 is 0 Å². The standard InChI is InChI=1S/C34H28N4/c1-33(2)27-17-13-23(35-27)31(21-9-5-6-10-21)25-15-19-29(37-25)34(3,4)30-20-16-26(38-30)32(22-11-7-8-12-22)24-14-18-28(33)36-24/h5-9,11,13-20,35-36H,1-4H3/b31-25-,32-26-. The van der Waals surface area contributed by atoms with Crippen molar-refractivity contribution in [3.05, 3.63) is 142 Å². The Morgan fingerprint density at radius 2 is 1.05 bits per heavy atom. The van der Waals surface area contributed by atoms with Crippen LogP contribution in [0.1, 0.15) is 50.5 Å². The number of aromatic nitrogens is 2. The maximum atomic E-state index is 5.18. The summed E-state index contributed by atoms with van der Waals surface area (Å²) in [6.07, 6.45) is 20.7. The fourth-order valence-electron chi connectivity index (χ4n) is 5.60. The molecule has 0 saturated carbocycles. The van der Waals surface area contributed by atoms with Crippen molar-refractivity contribution >= 4 is 22.6 Å². The highest BCUT2D eigenvalue weighted by atomic mass is 14.9. The molecular weight excluding hydrogens is 464 g/mol. The maximum absolute atomic E-state index is 5.18. The molecule has 0 spiro atoms. The second-order valence-corrected chi connectivity index (χ2v) is 11.2. The summed E-state index contributed by atoms with van der Waals surface area (Å²) in [6, 6.07) is 8.70. The summed E-state index contributed by atoms with van der Waals surface area (Å²) in [7, 11) is 0. The van der Waals surface area contributed by atoms with Crippen LogP contribution in [-0.2, 0) is 5.41 Å². The smallest absolute Gasteiger partial charge is 0.0739 e. The summed E-state index contributed by atoms with van der Waals surface area (Å²) in [5.74, 6) is 0. The summed E-state index contributed by atoms with van der Waals surface area (Å²) in [5.41, 5.74) is 18.5. The zero-order valence-corrected chi connectivity index (χ0v) is 22.0. The molecule has 0 saturated heterocycles. The molecule has 2 aromatic rings. The Hall–Kier alpha value is -4.62. The second kappa shape index (κ2) is 7.94. The number of fused-ring (bicyclic) bond motifs is 6. The molecule has 0 amide bonds. The van der Waals surface area contributed by atoms with Gasteiger partial charge in [0.25, 0.3) is 0 Å². The maximum Gasteiger partial charge on any atom is 0.0739 e. The van der Waals surface area contributed by atoms with Gasteiger partial charge in [-0.25, -0.2) is 0 Å². The van der Waals surface area contributed by atoms with Crippen LogP contribution in [0.4, 0.5) is 0 Å². The van der Waals surface area contributed by atoms with E-state index in [0.717, 1.165) is 67.9 Å². The number of aromatic amines is 2. The Morgan fingerprint density at radius 3 is 1.47 bits per heavy atom. The lowest BCUT2D eigenvalue weighted by atomic mass is 9.82. The zero-order chi connectivity index (χ0) is 26.1. The number of allylic oxidation sites excluding steroid dienone is 12. The van der Waals surface area contributed by atoms with E-state index >= 15 is 0 Å². The molecule has 0 atom stereocenters. The van der Waals surface area contributed by atoms with E-state index in [4.69, 9.17) is 9.98 Å². The number of aliphatic imine (C=N–C) groups is 2. The first-order chi connectivity index (χ1) is 18.3. The molecule has 5 aliphatic rings. The molecule has 0 aromatic carbocycles. The quantitative estimate of drug-likeness (QED) is 0.409. The SMILES string of the molecule is CC1(C)C2=N/C(=C(/C3=C=CC=C3)c3ccc([nH]3)C(C)(C)c3ccc([nH]3)/C(C3=C=CC=C3)=C3/C=CC1=N3)C=C2. The van der Waals surface area contributed by atoms with Crippen LogP contribution in [0.5, 0.6) is 0 Å². The molecule has 8 bridgehead atoms. The van der Waals surface area contributed by atoms with Crippen LogP contribution in [0.2, 0.25) is 0 Å². The van der Waals surface area contributed by atoms with Crippen LogP contribution in [0.3, 0.4) is 0 Å². The average molecular weight is 493 g/mol. The Kier molecular flexibility index (Phi) is 4.71. The number of hydrogen-bond donors (Lipinski definition) is 2. The Labute approximate surface area is 222 Å². The van der Waals surface area contributed by atoms with E-state index in [2.05, 4.69) is 110 Å². The lowest BCUT2D eigenvalue weighted by Gasteiger charge is -2.23. The van der Waals surface area contributed by atoms with Gasteiger partial charge in [-0.15, -0.1) is 11.5 Å². The Balaban J connectivity index is 1.51.